The van der Waals surface area contributed by atoms with Crippen LogP contribution in [0.4, 0.5) is 5.13 Å². The monoisotopic (exact) mass is 568 g/mol. The molecule has 4 heterocycles. The summed E-state index contributed by atoms with van der Waals surface area (Å²) in [5.74, 6) is -0.571. The minimum absolute atomic E-state index is 0.0433. The molecule has 9 nitrogen and oxygen atoms in total. The molecule has 1 fully saturated rings. The first-order valence-corrected chi connectivity index (χ1v) is 14.1. The summed E-state index contributed by atoms with van der Waals surface area (Å²) in [6.07, 6.45) is 2.71. The van der Waals surface area contributed by atoms with Gasteiger partial charge >= 0.3 is 5.91 Å². The van der Waals surface area contributed by atoms with E-state index in [9.17, 15) is 14.7 Å². The van der Waals surface area contributed by atoms with Crippen molar-refractivity contribution in [2.45, 2.75) is 33.2 Å². The van der Waals surface area contributed by atoms with Crippen molar-refractivity contribution >= 4 is 49.8 Å². The van der Waals surface area contributed by atoms with E-state index in [-0.39, 0.29) is 17.0 Å². The lowest BCUT2D eigenvalue weighted by Crippen LogP contribution is -2.29. The van der Waals surface area contributed by atoms with E-state index < -0.39 is 17.7 Å². The molecule has 1 unspecified atom stereocenters. The second-order valence-electron chi connectivity index (χ2n) is 9.85. The standard InChI is InChI=1S/C31H28N4O5S/c1-5-15-40-20-10-8-19(9-11-20)26-24(27(36)25-18(3)34-14-6-7-17(2)29(34)33-25)28(37)30(38)35(26)31-32-22-13-12-21(39-4)16-23(22)41-31/h6-14,16,26,36H,5,15H2,1-4H3/b27-24+. The fraction of sp³-hybridized carbons (Fsp3) is 0.226. The van der Waals surface area contributed by atoms with E-state index in [2.05, 4.69) is 9.97 Å². The maximum absolute atomic E-state index is 13.7. The van der Waals surface area contributed by atoms with Crippen LogP contribution in [-0.4, -0.2) is 44.9 Å². The second kappa shape index (κ2) is 10.4. The van der Waals surface area contributed by atoms with Crippen LogP contribution in [0.15, 0.2) is 66.4 Å². The van der Waals surface area contributed by atoms with E-state index in [1.807, 2.05) is 55.6 Å². The van der Waals surface area contributed by atoms with Crippen molar-refractivity contribution in [3.8, 4) is 11.5 Å². The number of aryl methyl sites for hydroxylation is 2. The molecule has 1 amide bonds. The van der Waals surface area contributed by atoms with Crippen molar-refractivity contribution in [2.75, 3.05) is 18.6 Å². The lowest BCUT2D eigenvalue weighted by atomic mass is 9.96. The Hall–Kier alpha value is -4.70. The molecule has 0 spiro atoms. The summed E-state index contributed by atoms with van der Waals surface area (Å²) in [6.45, 7) is 6.34. The smallest absolute Gasteiger partial charge is 0.301 e. The molecule has 2 aromatic carbocycles. The van der Waals surface area contributed by atoms with Crippen molar-refractivity contribution < 1.29 is 24.2 Å². The summed E-state index contributed by atoms with van der Waals surface area (Å²) in [4.78, 5) is 38.1. The Labute approximate surface area is 240 Å². The van der Waals surface area contributed by atoms with Crippen molar-refractivity contribution in [1.82, 2.24) is 14.4 Å². The number of Topliss-reactive ketones (excluding diaryl/α,β-unsaturated/α-hetero) is 1. The number of amides is 1. The Morgan fingerprint density at radius 2 is 1.80 bits per heavy atom. The van der Waals surface area contributed by atoms with Crippen LogP contribution in [0.3, 0.4) is 0 Å². The number of thiazole rings is 1. The number of aromatic nitrogens is 3. The number of carbonyl (C=O) groups excluding carboxylic acids is 2. The number of aliphatic hydroxyl groups is 1. The van der Waals surface area contributed by atoms with E-state index in [1.165, 1.54) is 16.2 Å². The van der Waals surface area contributed by atoms with Gasteiger partial charge in [0, 0.05) is 6.20 Å². The molecule has 0 radical (unpaired) electrons. The average molecular weight is 569 g/mol. The van der Waals surface area contributed by atoms with Crippen molar-refractivity contribution in [3.05, 3.63) is 88.9 Å². The summed E-state index contributed by atoms with van der Waals surface area (Å²) in [5, 5.41) is 12.0. The maximum Gasteiger partial charge on any atom is 0.301 e. The van der Waals surface area contributed by atoms with Crippen molar-refractivity contribution in [1.29, 1.82) is 0 Å². The molecule has 6 rings (SSSR count). The number of aliphatic hydroxyl groups excluding tert-OH is 1. The number of nitrogens with zero attached hydrogens (tertiary/aromatic N) is 4. The van der Waals surface area contributed by atoms with Gasteiger partial charge in [0.05, 0.1) is 41.2 Å². The van der Waals surface area contributed by atoms with Crippen LogP contribution in [0.25, 0.3) is 21.6 Å². The van der Waals surface area contributed by atoms with Gasteiger partial charge in [0.15, 0.2) is 10.9 Å². The van der Waals surface area contributed by atoms with Gasteiger partial charge in [0.2, 0.25) is 0 Å². The van der Waals surface area contributed by atoms with Crippen molar-refractivity contribution in [3.63, 3.8) is 0 Å². The zero-order valence-electron chi connectivity index (χ0n) is 23.0. The number of ketones is 1. The summed E-state index contributed by atoms with van der Waals surface area (Å²) in [5.41, 5.74) is 3.73. The van der Waals surface area contributed by atoms with Crippen LogP contribution in [0.2, 0.25) is 0 Å². The van der Waals surface area contributed by atoms with E-state index >= 15 is 0 Å². The van der Waals surface area contributed by atoms with Crippen molar-refractivity contribution in [2.24, 2.45) is 0 Å². The Bertz CT molecular complexity index is 1850. The zero-order valence-corrected chi connectivity index (χ0v) is 23.9. The van der Waals surface area contributed by atoms with Gasteiger partial charge in [-0.25, -0.2) is 9.97 Å². The van der Waals surface area contributed by atoms with Gasteiger partial charge in [-0.3, -0.25) is 14.5 Å². The lowest BCUT2D eigenvalue weighted by Gasteiger charge is -2.23. The third-order valence-corrected chi connectivity index (χ3v) is 8.23. The fourth-order valence-electron chi connectivity index (χ4n) is 5.11. The number of fused-ring (bicyclic) bond motifs is 2. The molecule has 1 saturated heterocycles. The van der Waals surface area contributed by atoms with E-state index in [1.54, 1.807) is 37.4 Å². The Kier molecular flexibility index (Phi) is 6.70. The molecule has 0 bridgehead atoms. The molecule has 5 aromatic rings. The van der Waals surface area contributed by atoms with Gasteiger partial charge in [-0.2, -0.15) is 0 Å². The van der Waals surface area contributed by atoms with Crippen LogP contribution in [-0.2, 0) is 9.59 Å². The van der Waals surface area contributed by atoms with Crippen LogP contribution in [0.1, 0.15) is 41.9 Å². The number of carbonyl (C=O) groups is 2. The minimum Gasteiger partial charge on any atom is -0.505 e. The van der Waals surface area contributed by atoms with Gasteiger partial charge in [0.1, 0.15) is 22.8 Å². The number of anilines is 1. The van der Waals surface area contributed by atoms with E-state index in [4.69, 9.17) is 9.47 Å². The first-order valence-electron chi connectivity index (χ1n) is 13.2. The molecule has 1 N–H and O–H groups in total. The Balaban J connectivity index is 1.54. The molecule has 1 aliphatic heterocycles. The van der Waals surface area contributed by atoms with Crippen LogP contribution in [0.5, 0.6) is 11.5 Å². The number of ether oxygens (including phenoxy) is 2. The molecule has 208 valence electrons. The highest BCUT2D eigenvalue weighted by Gasteiger charge is 2.48. The normalized spacial score (nSPS) is 16.7. The predicted molar refractivity (Wildman–Crippen MR) is 158 cm³/mol. The SMILES string of the molecule is CCCOc1ccc(C2/C(=C(\O)c3nc4c(C)cccn4c3C)C(=O)C(=O)N2c2nc3ccc(OC)cc3s2)cc1. The quantitative estimate of drug-likeness (QED) is 0.146. The molecule has 10 heteroatoms. The average Bonchev–Trinajstić information content (AvgIpc) is 3.63. The molecular weight excluding hydrogens is 540 g/mol. The second-order valence-corrected chi connectivity index (χ2v) is 10.9. The van der Waals surface area contributed by atoms with Gasteiger partial charge in [-0.15, -0.1) is 0 Å². The van der Waals surface area contributed by atoms with Gasteiger partial charge in [0.25, 0.3) is 5.78 Å². The Morgan fingerprint density at radius 1 is 1.05 bits per heavy atom. The van der Waals surface area contributed by atoms with Gasteiger partial charge in [-0.05, 0) is 67.8 Å². The molecule has 0 saturated carbocycles. The number of benzene rings is 2. The van der Waals surface area contributed by atoms with Crippen LogP contribution >= 0.6 is 11.3 Å². The maximum atomic E-state index is 13.7. The topological polar surface area (TPSA) is 106 Å². The lowest BCUT2D eigenvalue weighted by molar-refractivity contribution is -0.132. The van der Waals surface area contributed by atoms with Crippen LogP contribution in [0, 0.1) is 13.8 Å². The third kappa shape index (κ3) is 4.40. The summed E-state index contributed by atoms with van der Waals surface area (Å²) in [7, 11) is 1.58. The molecule has 3 aromatic heterocycles. The number of rotatable bonds is 7. The highest BCUT2D eigenvalue weighted by Crippen LogP contribution is 2.45. The fourth-order valence-corrected chi connectivity index (χ4v) is 6.13. The molecule has 1 aliphatic rings. The number of hydrogen-bond acceptors (Lipinski definition) is 8. The minimum atomic E-state index is -0.928. The first kappa shape index (κ1) is 26.5. The third-order valence-electron chi connectivity index (χ3n) is 7.21. The highest BCUT2D eigenvalue weighted by atomic mass is 32.1. The molecule has 1 atom stereocenters. The largest absolute Gasteiger partial charge is 0.505 e. The number of imidazole rings is 1. The summed E-state index contributed by atoms with van der Waals surface area (Å²) >= 11 is 1.27. The zero-order chi connectivity index (χ0) is 28.8. The number of pyridine rings is 1. The molecule has 41 heavy (non-hydrogen) atoms. The molecular formula is C31H28N4O5S. The van der Waals surface area contributed by atoms with E-state index in [0.29, 0.717) is 45.7 Å². The predicted octanol–water partition coefficient (Wildman–Crippen LogP) is 5.98. The Morgan fingerprint density at radius 3 is 2.51 bits per heavy atom. The van der Waals surface area contributed by atoms with Crippen LogP contribution < -0.4 is 14.4 Å². The number of hydrogen-bond donors (Lipinski definition) is 1. The number of methoxy groups -OCH3 is 1. The summed E-state index contributed by atoms with van der Waals surface area (Å²) in [6, 6.07) is 15.5. The van der Waals surface area contributed by atoms with Gasteiger partial charge < -0.3 is 19.0 Å². The first-order chi connectivity index (χ1) is 19.8. The van der Waals surface area contributed by atoms with E-state index in [0.717, 1.165) is 16.7 Å². The molecule has 0 aliphatic carbocycles. The summed E-state index contributed by atoms with van der Waals surface area (Å²) < 4.78 is 13.8. The highest BCUT2D eigenvalue weighted by molar-refractivity contribution is 7.22. The van der Waals surface area contributed by atoms with Gasteiger partial charge in [-0.1, -0.05) is 36.5 Å².